The molecule has 2 amide bonds. The molecule has 192 valence electrons. The first-order valence-electron chi connectivity index (χ1n) is 11.8. The van der Waals surface area contributed by atoms with Crippen LogP contribution in [0.25, 0.3) is 16.9 Å². The summed E-state index contributed by atoms with van der Waals surface area (Å²) in [4.78, 5) is 30.6. The van der Waals surface area contributed by atoms with E-state index in [9.17, 15) is 9.59 Å². The Kier molecular flexibility index (Phi) is 6.99. The van der Waals surface area contributed by atoms with E-state index in [4.69, 9.17) is 9.47 Å². The maximum absolute atomic E-state index is 15.2. The zero-order valence-electron chi connectivity index (χ0n) is 21.0. The van der Waals surface area contributed by atoms with Gasteiger partial charge in [-0.05, 0) is 57.5 Å². The van der Waals surface area contributed by atoms with Crippen LogP contribution in [0.4, 0.5) is 13.6 Å². The first-order valence-corrected chi connectivity index (χ1v) is 11.8. The zero-order chi connectivity index (χ0) is 26.2. The summed E-state index contributed by atoms with van der Waals surface area (Å²) in [6.45, 7) is 8.24. The Morgan fingerprint density at radius 3 is 2.56 bits per heavy atom. The van der Waals surface area contributed by atoms with Crippen LogP contribution in [0, 0.1) is 18.6 Å². The topological polar surface area (TPSA) is 85.2 Å². The van der Waals surface area contributed by atoms with Crippen LogP contribution in [0.2, 0.25) is 0 Å². The minimum absolute atomic E-state index is 0.122. The Morgan fingerprint density at radius 1 is 1.22 bits per heavy atom. The van der Waals surface area contributed by atoms with Gasteiger partial charge in [-0.2, -0.15) is 0 Å². The predicted octanol–water partition coefficient (Wildman–Crippen LogP) is 4.13. The number of aromatic nitrogens is 2. The van der Waals surface area contributed by atoms with E-state index in [1.807, 2.05) is 19.1 Å². The molecule has 0 radical (unpaired) electrons. The second-order valence-electron chi connectivity index (χ2n) is 9.86. The summed E-state index contributed by atoms with van der Waals surface area (Å²) in [7, 11) is 1.39. The average Bonchev–Trinajstić information content (AvgIpc) is 3.13. The fourth-order valence-electron chi connectivity index (χ4n) is 4.22. The minimum atomic E-state index is -0.894. The van der Waals surface area contributed by atoms with E-state index in [1.54, 1.807) is 36.3 Å². The van der Waals surface area contributed by atoms with Crippen LogP contribution in [0.15, 0.2) is 30.5 Å². The largest absolute Gasteiger partial charge is 0.444 e. The molecule has 0 spiro atoms. The van der Waals surface area contributed by atoms with Crippen LogP contribution < -0.4 is 5.32 Å². The summed E-state index contributed by atoms with van der Waals surface area (Å²) >= 11 is 0. The first-order chi connectivity index (χ1) is 17.0. The van der Waals surface area contributed by atoms with Crippen molar-refractivity contribution in [3.63, 3.8) is 0 Å². The number of pyridine rings is 1. The number of nitrogens with zero attached hydrogens (tertiary/aromatic N) is 3. The Bertz CT molecular complexity index is 1290. The lowest BCUT2D eigenvalue weighted by Crippen LogP contribution is -2.48. The maximum Gasteiger partial charge on any atom is 0.410 e. The molecule has 1 N–H and O–H groups in total. The van der Waals surface area contributed by atoms with Gasteiger partial charge in [0.2, 0.25) is 0 Å². The van der Waals surface area contributed by atoms with Gasteiger partial charge < -0.3 is 24.1 Å². The van der Waals surface area contributed by atoms with Gasteiger partial charge in [-0.1, -0.05) is 0 Å². The highest BCUT2D eigenvalue weighted by molar-refractivity contribution is 5.94. The Hall–Kier alpha value is -3.53. The van der Waals surface area contributed by atoms with Gasteiger partial charge in [0.1, 0.15) is 22.9 Å². The number of carbonyl (C=O) groups is 2. The van der Waals surface area contributed by atoms with Crippen LogP contribution in [0.1, 0.15) is 42.4 Å². The molecule has 1 aromatic carbocycles. The van der Waals surface area contributed by atoms with Crippen LogP contribution in [0.5, 0.6) is 0 Å². The molecule has 3 aromatic rings. The van der Waals surface area contributed by atoms with Crippen molar-refractivity contribution in [1.82, 2.24) is 19.6 Å². The Balaban J connectivity index is 1.72. The van der Waals surface area contributed by atoms with Crippen molar-refractivity contribution in [3.05, 3.63) is 58.9 Å². The number of imidazole rings is 1. The number of aryl methyl sites for hydroxylation is 1. The van der Waals surface area contributed by atoms with Crippen molar-refractivity contribution in [1.29, 1.82) is 0 Å². The fraction of sp³-hybridized carbons (Fsp3) is 0.423. The Morgan fingerprint density at radius 2 is 1.92 bits per heavy atom. The number of fused-ring (bicyclic) bond motifs is 1. The van der Waals surface area contributed by atoms with Crippen molar-refractivity contribution in [2.24, 2.45) is 0 Å². The molecule has 3 heterocycles. The summed E-state index contributed by atoms with van der Waals surface area (Å²) in [5.74, 6) is -2.38. The van der Waals surface area contributed by atoms with Gasteiger partial charge in [0.15, 0.2) is 0 Å². The lowest BCUT2D eigenvalue weighted by molar-refractivity contribution is -0.0418. The monoisotopic (exact) mass is 500 g/mol. The lowest BCUT2D eigenvalue weighted by atomic mass is 10.0. The second-order valence-corrected chi connectivity index (χ2v) is 9.86. The number of hydrogen-bond donors (Lipinski definition) is 1. The highest BCUT2D eigenvalue weighted by Crippen LogP contribution is 2.32. The zero-order valence-corrected chi connectivity index (χ0v) is 21.0. The van der Waals surface area contributed by atoms with Gasteiger partial charge in [-0.15, -0.1) is 0 Å². The van der Waals surface area contributed by atoms with E-state index >= 15 is 8.78 Å². The molecule has 1 unspecified atom stereocenters. The molecule has 0 bridgehead atoms. The summed E-state index contributed by atoms with van der Waals surface area (Å²) in [6, 6.07) is 5.68. The third kappa shape index (κ3) is 5.33. The van der Waals surface area contributed by atoms with Gasteiger partial charge in [-0.3, -0.25) is 4.79 Å². The van der Waals surface area contributed by atoms with Gasteiger partial charge in [0, 0.05) is 31.8 Å². The number of amides is 2. The summed E-state index contributed by atoms with van der Waals surface area (Å²) in [5, 5.41) is 2.36. The molecular weight excluding hydrogens is 470 g/mol. The molecule has 1 saturated heterocycles. The smallest absolute Gasteiger partial charge is 0.410 e. The predicted molar refractivity (Wildman–Crippen MR) is 130 cm³/mol. The third-order valence-electron chi connectivity index (χ3n) is 5.86. The summed E-state index contributed by atoms with van der Waals surface area (Å²) in [5.41, 5.74) is 1.04. The number of benzene rings is 1. The number of ether oxygens (including phenoxy) is 2. The molecule has 36 heavy (non-hydrogen) atoms. The van der Waals surface area contributed by atoms with Crippen LogP contribution in [-0.2, 0) is 15.9 Å². The second kappa shape index (κ2) is 9.85. The Labute approximate surface area is 208 Å². The number of carbonyl (C=O) groups excluding carboxylic acids is 2. The quantitative estimate of drug-likeness (QED) is 0.583. The van der Waals surface area contributed by atoms with Crippen LogP contribution >= 0.6 is 0 Å². The van der Waals surface area contributed by atoms with Crippen molar-refractivity contribution >= 4 is 17.6 Å². The molecule has 1 aliphatic rings. The molecule has 1 atom stereocenters. The first kappa shape index (κ1) is 25.6. The molecule has 0 saturated carbocycles. The van der Waals surface area contributed by atoms with E-state index in [2.05, 4.69) is 10.3 Å². The SMILES string of the molecule is CNC(=O)c1cc(F)c(-c2nc3cc(C)ccn3c2CC2CN(C(=O)OC(C)(C)C)CCO2)c(F)c1. The number of hydrogen-bond acceptors (Lipinski definition) is 5. The van der Waals surface area contributed by atoms with E-state index in [0.717, 1.165) is 17.7 Å². The maximum atomic E-state index is 15.2. The van der Waals surface area contributed by atoms with Gasteiger partial charge in [0.25, 0.3) is 5.91 Å². The number of morpholine rings is 1. The lowest BCUT2D eigenvalue weighted by Gasteiger charge is -2.34. The third-order valence-corrected chi connectivity index (χ3v) is 5.86. The minimum Gasteiger partial charge on any atom is -0.444 e. The standard InChI is InChI=1S/C26H30F2N4O4/c1-15-6-7-32-20(13-17-14-31(8-9-35-17)25(34)36-26(2,3)4)23(30-21(32)10-15)22-18(27)11-16(12-19(22)28)24(33)29-5/h6-7,10-12,17H,8-9,13-14H2,1-5H3,(H,29,33). The molecular formula is C26H30F2N4O4. The van der Waals surface area contributed by atoms with E-state index in [0.29, 0.717) is 24.5 Å². The summed E-state index contributed by atoms with van der Waals surface area (Å²) in [6.07, 6.45) is 1.16. The van der Waals surface area contributed by atoms with E-state index in [1.165, 1.54) is 7.05 Å². The molecule has 10 heteroatoms. The molecule has 2 aromatic heterocycles. The van der Waals surface area contributed by atoms with Gasteiger partial charge in [-0.25, -0.2) is 18.6 Å². The highest BCUT2D eigenvalue weighted by atomic mass is 19.1. The van der Waals surface area contributed by atoms with Gasteiger partial charge >= 0.3 is 6.09 Å². The van der Waals surface area contributed by atoms with Crippen molar-refractivity contribution in [2.45, 2.75) is 45.8 Å². The van der Waals surface area contributed by atoms with Gasteiger partial charge in [0.05, 0.1) is 36.2 Å². The average molecular weight is 501 g/mol. The molecule has 1 aliphatic heterocycles. The molecule has 1 fully saturated rings. The van der Waals surface area contributed by atoms with Crippen molar-refractivity contribution in [3.8, 4) is 11.3 Å². The highest BCUT2D eigenvalue weighted by Gasteiger charge is 2.31. The molecule has 8 nitrogen and oxygen atoms in total. The molecule has 0 aliphatic carbocycles. The normalized spacial score (nSPS) is 16.3. The fourth-order valence-corrected chi connectivity index (χ4v) is 4.22. The number of halogens is 2. The number of nitrogens with one attached hydrogen (secondary N) is 1. The van der Waals surface area contributed by atoms with E-state index in [-0.39, 0.29) is 29.8 Å². The van der Waals surface area contributed by atoms with Crippen LogP contribution in [0.3, 0.4) is 0 Å². The number of rotatable bonds is 4. The van der Waals surface area contributed by atoms with Crippen molar-refractivity contribution < 1.29 is 27.8 Å². The van der Waals surface area contributed by atoms with Crippen molar-refractivity contribution in [2.75, 3.05) is 26.7 Å². The summed E-state index contributed by atoms with van der Waals surface area (Å²) < 4.78 is 43.6. The van der Waals surface area contributed by atoms with Crippen LogP contribution in [-0.4, -0.2) is 64.7 Å². The van der Waals surface area contributed by atoms with E-state index < -0.39 is 35.3 Å². The molecule has 4 rings (SSSR count).